The molecule has 6 rings (SSSR count). The molecule has 0 fully saturated rings. The zero-order valence-electron chi connectivity index (χ0n) is 30.8. The van der Waals surface area contributed by atoms with Gasteiger partial charge in [0.05, 0.1) is 6.61 Å². The second-order valence-corrected chi connectivity index (χ2v) is 12.7. The maximum atomic E-state index is 5.61. The average molecular weight is 682 g/mol. The van der Waals surface area contributed by atoms with E-state index in [4.69, 9.17) is 4.74 Å². The van der Waals surface area contributed by atoms with Crippen molar-refractivity contribution in [2.45, 2.75) is 46.7 Å². The fraction of sp³-hybridized carbons (Fsp3) is 0.217. The van der Waals surface area contributed by atoms with Crippen molar-refractivity contribution in [3.8, 4) is 5.75 Å². The molecule has 0 spiro atoms. The number of benzene rings is 6. The molecule has 6 aromatic rings. The first-order valence-electron chi connectivity index (χ1n) is 17.8. The molecule has 0 aromatic heterocycles. The van der Waals surface area contributed by atoms with Crippen LogP contribution in [0, 0.1) is 13.0 Å². The van der Waals surface area contributed by atoms with Gasteiger partial charge in [0.25, 0.3) is 0 Å². The fourth-order valence-corrected chi connectivity index (χ4v) is 6.61. The van der Waals surface area contributed by atoms with Crippen molar-refractivity contribution in [2.75, 3.05) is 34.8 Å². The van der Waals surface area contributed by atoms with Crippen molar-refractivity contribution in [3.63, 3.8) is 0 Å². The molecule has 4 nitrogen and oxygen atoms in total. The van der Waals surface area contributed by atoms with E-state index in [1.54, 1.807) is 0 Å². The maximum absolute atomic E-state index is 5.61. The summed E-state index contributed by atoms with van der Waals surface area (Å²) in [5.41, 5.74) is 12.2. The van der Waals surface area contributed by atoms with Gasteiger partial charge in [-0.2, -0.15) is 30.3 Å². The summed E-state index contributed by atoms with van der Waals surface area (Å²) in [6.07, 6.45) is 0. The summed E-state index contributed by atoms with van der Waals surface area (Å²) in [4.78, 5) is 4.85. The monoisotopic (exact) mass is 681 g/mol. The average Bonchev–Trinajstić information content (AvgIpc) is 3.16. The molecule has 254 valence electrons. The van der Waals surface area contributed by atoms with E-state index in [2.05, 4.69) is 169 Å². The first-order valence-corrected chi connectivity index (χ1v) is 17.8. The summed E-state index contributed by atoms with van der Waals surface area (Å²) in [5.74, 6) is 0.967. The van der Waals surface area contributed by atoms with E-state index in [1.807, 2.05) is 25.1 Å². The molecule has 0 radical (unpaired) electrons. The first kappa shape index (κ1) is 37.8. The summed E-state index contributed by atoms with van der Waals surface area (Å²) < 4.78 is 5.61. The Kier molecular flexibility index (Phi) is 13.8. The maximum Gasteiger partial charge on any atom is 1.00 e. The van der Waals surface area contributed by atoms with Gasteiger partial charge in [-0.25, -0.2) is 0 Å². The quantitative estimate of drug-likeness (QED) is 0.0673. The van der Waals surface area contributed by atoms with Crippen LogP contribution in [0.1, 0.15) is 60.1 Å². The van der Waals surface area contributed by atoms with Gasteiger partial charge in [-0.15, -0.1) is 5.56 Å². The molecule has 1 unspecified atom stereocenters. The minimum Gasteiger partial charge on any atom is -0.494 e. The number of anilines is 4. The van der Waals surface area contributed by atoms with E-state index < -0.39 is 0 Å². The third-order valence-electron chi connectivity index (χ3n) is 9.25. The number of nitrogens with one attached hydrogen (secondary N) is 1. The molecule has 0 aliphatic carbocycles. The normalized spacial score (nSPS) is 11.3. The molecular weight excluding hydrogens is 634 g/mol. The predicted octanol–water partition coefficient (Wildman–Crippen LogP) is 8.17. The van der Waals surface area contributed by atoms with Crippen LogP contribution < -0.4 is 49.4 Å². The largest absolute Gasteiger partial charge is 1.00 e. The van der Waals surface area contributed by atoms with Crippen LogP contribution in [0.15, 0.2) is 146 Å². The second-order valence-electron chi connectivity index (χ2n) is 12.7. The van der Waals surface area contributed by atoms with Gasteiger partial charge in [-0.3, -0.25) is 0 Å². The molecule has 6 aromatic carbocycles. The summed E-state index contributed by atoms with van der Waals surface area (Å²) in [6.45, 7) is 12.9. The fourth-order valence-electron chi connectivity index (χ4n) is 6.61. The zero-order chi connectivity index (χ0) is 34.7. The van der Waals surface area contributed by atoms with Gasteiger partial charge in [-0.05, 0) is 117 Å². The van der Waals surface area contributed by atoms with E-state index in [0.717, 1.165) is 43.3 Å². The molecule has 0 saturated heterocycles. The van der Waals surface area contributed by atoms with E-state index in [1.165, 1.54) is 44.8 Å². The minimum atomic E-state index is 0. The smallest absolute Gasteiger partial charge is 0.494 e. The van der Waals surface area contributed by atoms with Crippen LogP contribution in [-0.4, -0.2) is 19.7 Å². The van der Waals surface area contributed by atoms with E-state index in [9.17, 15) is 0 Å². The molecule has 0 heterocycles. The second kappa shape index (κ2) is 18.7. The van der Waals surface area contributed by atoms with E-state index in [0.29, 0.717) is 6.61 Å². The first-order chi connectivity index (χ1) is 24.5. The van der Waals surface area contributed by atoms with Crippen LogP contribution in [0.2, 0.25) is 0 Å². The Hall–Kier alpha value is -4.48. The topological polar surface area (TPSA) is 27.7 Å². The summed E-state index contributed by atoms with van der Waals surface area (Å²) in [5, 5.41) is 3.55. The Morgan fingerprint density at radius 1 is 0.608 bits per heavy atom. The molecule has 1 N–H and O–H groups in total. The van der Waals surface area contributed by atoms with Crippen LogP contribution in [-0.2, 0) is 13.1 Å². The Labute approximate surface area is 327 Å². The van der Waals surface area contributed by atoms with Crippen LogP contribution >= 0.6 is 0 Å². The molecule has 0 aliphatic rings. The SMILES string of the molecule is CCOc1ccc(Nc2ccc(C(c3ccc(N(CC)Cc4c[c-]ccc4)cc3)c3ccc(N(CC)Cc4cccc(C)c4)cc3)cc2)cc1.[Na+]. The van der Waals surface area contributed by atoms with Gasteiger partial charge >= 0.3 is 29.6 Å². The minimum absolute atomic E-state index is 0. The number of hydrogen-bond donors (Lipinski definition) is 1. The van der Waals surface area contributed by atoms with Gasteiger partial charge in [0, 0.05) is 48.3 Å². The molecule has 51 heavy (non-hydrogen) atoms. The molecule has 0 aliphatic heterocycles. The van der Waals surface area contributed by atoms with Crippen molar-refractivity contribution in [3.05, 3.63) is 185 Å². The number of aryl methyl sites for hydroxylation is 1. The summed E-state index contributed by atoms with van der Waals surface area (Å²) in [6, 6.07) is 55.6. The number of ether oxygens (including phenoxy) is 1. The van der Waals surface area contributed by atoms with Crippen LogP contribution in [0.5, 0.6) is 5.75 Å². The van der Waals surface area contributed by atoms with Crippen molar-refractivity contribution in [1.29, 1.82) is 0 Å². The number of hydrogen-bond acceptors (Lipinski definition) is 4. The molecule has 0 amide bonds. The Balaban J connectivity index is 0.00000504. The van der Waals surface area contributed by atoms with Crippen molar-refractivity contribution < 1.29 is 34.3 Å². The number of nitrogens with zero attached hydrogens (tertiary/aromatic N) is 2. The summed E-state index contributed by atoms with van der Waals surface area (Å²) in [7, 11) is 0. The van der Waals surface area contributed by atoms with Crippen molar-refractivity contribution in [2.24, 2.45) is 0 Å². The van der Waals surface area contributed by atoms with Gasteiger partial charge in [0.2, 0.25) is 0 Å². The van der Waals surface area contributed by atoms with Crippen molar-refractivity contribution >= 4 is 22.7 Å². The van der Waals surface area contributed by atoms with Crippen LogP contribution in [0.25, 0.3) is 0 Å². The van der Waals surface area contributed by atoms with Crippen LogP contribution in [0.3, 0.4) is 0 Å². The zero-order valence-corrected chi connectivity index (χ0v) is 32.8. The standard InChI is InChI=1S/C46H48N3O.Na/c1-5-48(33-36-13-9-8-10-14-36)43-26-18-39(19-27-43)46(38-16-22-41(23-17-38)47-42-24-30-45(31-25-42)50-7-3)40-20-28-44(29-21-40)49(6-2)34-37-15-11-12-35(4)32-37;/h8-9,11-32,46-47H,5-7,33-34H2,1-4H3;/q-1;+1. The molecule has 1 atom stereocenters. The van der Waals surface area contributed by atoms with E-state index >= 15 is 0 Å². The molecule has 5 heteroatoms. The van der Waals surface area contributed by atoms with E-state index in [-0.39, 0.29) is 35.5 Å². The van der Waals surface area contributed by atoms with Crippen LogP contribution in [0.4, 0.5) is 22.7 Å². The van der Waals surface area contributed by atoms with Gasteiger partial charge in [0.1, 0.15) is 5.75 Å². The Morgan fingerprint density at radius 3 is 1.61 bits per heavy atom. The molecule has 0 bridgehead atoms. The third-order valence-corrected chi connectivity index (χ3v) is 9.25. The van der Waals surface area contributed by atoms with Gasteiger partial charge in [-0.1, -0.05) is 66.2 Å². The summed E-state index contributed by atoms with van der Waals surface area (Å²) >= 11 is 0. The molecular formula is C46H48N3NaO. The third kappa shape index (κ3) is 10.1. The van der Waals surface area contributed by atoms with Gasteiger partial charge < -0.3 is 19.9 Å². The Morgan fingerprint density at radius 2 is 1.12 bits per heavy atom. The predicted molar refractivity (Wildman–Crippen MR) is 211 cm³/mol. The number of rotatable bonds is 15. The molecule has 0 saturated carbocycles. The van der Waals surface area contributed by atoms with Crippen molar-refractivity contribution in [1.82, 2.24) is 0 Å². The Bertz CT molecular complexity index is 1910. The van der Waals surface area contributed by atoms with Gasteiger partial charge in [0.15, 0.2) is 0 Å².